The van der Waals surface area contributed by atoms with Crippen LogP contribution in [0.2, 0.25) is 0 Å². The fraction of sp³-hybridized carbons (Fsp3) is 0.195. The van der Waals surface area contributed by atoms with Crippen molar-refractivity contribution in [2.24, 2.45) is 0 Å². The summed E-state index contributed by atoms with van der Waals surface area (Å²) in [6.07, 6.45) is 0. The Hall–Kier alpha value is -9.90. The average Bonchev–Trinajstić information content (AvgIpc) is 1.50. The highest BCUT2D eigenvalue weighted by atomic mass is 16.3. The van der Waals surface area contributed by atoms with Gasteiger partial charge in [0.25, 0.3) is 0 Å². The minimum atomic E-state index is -0.787. The van der Waals surface area contributed by atoms with Gasteiger partial charge >= 0.3 is 0 Å². The molecule has 4 heteroatoms. The van der Waals surface area contributed by atoms with Crippen LogP contribution in [-0.2, 0) is 27.1 Å². The lowest BCUT2D eigenvalue weighted by atomic mass is 9.70. The summed E-state index contributed by atoms with van der Waals surface area (Å²) in [4.78, 5) is 4.92. The van der Waals surface area contributed by atoms with E-state index >= 15 is 0 Å². The number of fused-ring (bicyclic) bond motifs is 20. The number of benzene rings is 12. The highest BCUT2D eigenvalue weighted by Gasteiger charge is 2.53. The Morgan fingerprint density at radius 3 is 1.14 bits per heavy atom. The molecule has 2 aromatic heterocycles. The van der Waals surface area contributed by atoms with Crippen molar-refractivity contribution in [3.8, 4) is 44.5 Å². The first-order valence-electron chi connectivity index (χ1n) is 32.5. The third-order valence-electron chi connectivity index (χ3n) is 20.4. The summed E-state index contributed by atoms with van der Waals surface area (Å²) < 4.78 is 14.6. The first-order chi connectivity index (χ1) is 43.7. The molecule has 3 aliphatic carbocycles. The maximum absolute atomic E-state index is 7.32. The van der Waals surface area contributed by atoms with Gasteiger partial charge in [0.2, 0.25) is 0 Å². The minimum absolute atomic E-state index is 0.0368. The summed E-state index contributed by atoms with van der Waals surface area (Å²) in [5.74, 6) is 0. The molecule has 3 aliphatic rings. The van der Waals surface area contributed by atoms with Gasteiger partial charge in [-0.1, -0.05) is 247 Å². The lowest BCUT2D eigenvalue weighted by Crippen LogP contribution is -2.26. The van der Waals surface area contributed by atoms with Gasteiger partial charge in [-0.05, 0) is 177 Å². The molecule has 0 bridgehead atoms. The van der Waals surface area contributed by atoms with E-state index in [1.165, 1.54) is 99.8 Å². The lowest BCUT2D eigenvalue weighted by Gasteiger charge is -2.33. The number of nitrogens with zero attached hydrogens (tertiary/aromatic N) is 2. The van der Waals surface area contributed by atoms with E-state index in [0.717, 1.165) is 78.0 Å². The standard InChI is InChI=1S/C87H74N2O2/c1-83(2,3)51-36-40-53(41-37-51)88(75-34-20-28-64-62-26-18-32-70(85(7,8)9)79(62)90-81(64)75)55-44-46-59-60-47-45-56(89(54-42-38-52(39-43-54)84(4,5)6)76-35-21-29-65-63-27-19-33-71(86(10,11)12)80(63)91-82(65)76)49-73(60)87(72(59)48-55)69-31-16-15-24-66(69)78-67-30-17-25-61-57-22-13-14-23-58(57)68(77(61)67)50-74(78)87/h13-50H,1-12H3. The highest BCUT2D eigenvalue weighted by molar-refractivity contribution is 6.21. The predicted octanol–water partition coefficient (Wildman–Crippen LogP) is 24.8. The van der Waals surface area contributed by atoms with Crippen LogP contribution in [0.1, 0.15) is 128 Å². The molecule has 0 atom stereocenters. The SMILES string of the molecule is CC(C)(C)c1ccc(N(c2ccc3c(c2)C2(c4cc(N(c5ccc(C(C)(C)C)cc5)c5cccc6c5oc5c(C(C)(C)C)cccc56)ccc4-3)c3ccccc3-c3c2cc2c4c(cccc34)-c3ccccc3-2)c2cccc3c2oc2c(C(C)(C)C)cccc23)cc1. The molecule has 0 unspecified atom stereocenters. The number of rotatable bonds is 6. The Kier molecular flexibility index (Phi) is 11.6. The zero-order chi connectivity index (χ0) is 62.4. The Morgan fingerprint density at radius 1 is 0.275 bits per heavy atom. The van der Waals surface area contributed by atoms with Gasteiger partial charge < -0.3 is 18.6 Å². The average molecular weight is 1180 g/mol. The predicted molar refractivity (Wildman–Crippen MR) is 383 cm³/mol. The molecule has 14 aromatic rings. The molecule has 1 spiro atoms. The lowest BCUT2D eigenvalue weighted by molar-refractivity contribution is 0.572. The maximum Gasteiger partial charge on any atom is 0.159 e. The van der Waals surface area contributed by atoms with Crippen molar-refractivity contribution in [3.63, 3.8) is 0 Å². The van der Waals surface area contributed by atoms with Gasteiger partial charge in [-0.25, -0.2) is 0 Å². The van der Waals surface area contributed by atoms with Crippen molar-refractivity contribution in [1.29, 1.82) is 0 Å². The molecule has 12 aromatic carbocycles. The number of hydrogen-bond donors (Lipinski definition) is 0. The molecule has 0 saturated heterocycles. The summed E-state index contributed by atoms with van der Waals surface area (Å²) in [7, 11) is 0. The summed E-state index contributed by atoms with van der Waals surface area (Å²) in [6, 6.07) is 87.7. The van der Waals surface area contributed by atoms with Crippen molar-refractivity contribution < 1.29 is 8.83 Å². The Labute approximate surface area is 534 Å². The second-order valence-corrected chi connectivity index (χ2v) is 30.0. The molecule has 2 heterocycles. The zero-order valence-electron chi connectivity index (χ0n) is 54.2. The van der Waals surface area contributed by atoms with Crippen LogP contribution in [0.25, 0.3) is 99.2 Å². The van der Waals surface area contributed by atoms with E-state index in [9.17, 15) is 0 Å². The minimum Gasteiger partial charge on any atom is -0.454 e. The first kappa shape index (κ1) is 55.2. The molecule has 0 fully saturated rings. The Morgan fingerprint density at radius 2 is 0.670 bits per heavy atom. The summed E-state index contributed by atoms with van der Waals surface area (Å²) in [6.45, 7) is 27.4. The number of furan rings is 2. The molecule has 444 valence electrons. The third kappa shape index (κ3) is 7.94. The molecule has 0 saturated carbocycles. The number of para-hydroxylation sites is 4. The van der Waals surface area contributed by atoms with Gasteiger partial charge in [0.05, 0.1) is 16.8 Å². The smallest absolute Gasteiger partial charge is 0.159 e. The Balaban J connectivity index is 0.967. The zero-order valence-corrected chi connectivity index (χ0v) is 54.2. The van der Waals surface area contributed by atoms with Gasteiger partial charge in [-0.15, -0.1) is 0 Å². The van der Waals surface area contributed by atoms with Gasteiger partial charge in [-0.3, -0.25) is 0 Å². The maximum atomic E-state index is 7.32. The van der Waals surface area contributed by atoms with Gasteiger partial charge in [0, 0.05) is 55.4 Å². The molecular weight excluding hydrogens is 1100 g/mol. The van der Waals surface area contributed by atoms with Gasteiger partial charge in [0.15, 0.2) is 11.2 Å². The quantitative estimate of drug-likeness (QED) is 0.166. The topological polar surface area (TPSA) is 32.8 Å². The molecule has 0 aliphatic heterocycles. The van der Waals surface area contributed by atoms with E-state index < -0.39 is 5.41 Å². The number of hydrogen-bond acceptors (Lipinski definition) is 4. The van der Waals surface area contributed by atoms with Crippen LogP contribution in [0.3, 0.4) is 0 Å². The van der Waals surface area contributed by atoms with E-state index in [-0.39, 0.29) is 21.7 Å². The monoisotopic (exact) mass is 1180 g/mol. The van der Waals surface area contributed by atoms with Crippen LogP contribution in [0.4, 0.5) is 34.1 Å². The summed E-state index contributed by atoms with van der Waals surface area (Å²) in [5, 5.41) is 7.06. The fourth-order valence-corrected chi connectivity index (χ4v) is 16.0. The van der Waals surface area contributed by atoms with Crippen LogP contribution in [0.15, 0.2) is 239 Å². The second-order valence-electron chi connectivity index (χ2n) is 30.0. The normalized spacial score (nSPS) is 13.8. The van der Waals surface area contributed by atoms with E-state index in [0.29, 0.717) is 0 Å². The fourth-order valence-electron chi connectivity index (χ4n) is 16.0. The summed E-state index contributed by atoms with van der Waals surface area (Å²) >= 11 is 0. The van der Waals surface area contributed by atoms with Crippen LogP contribution in [0.5, 0.6) is 0 Å². The number of anilines is 6. The van der Waals surface area contributed by atoms with E-state index in [4.69, 9.17) is 8.83 Å². The van der Waals surface area contributed by atoms with Crippen molar-refractivity contribution >= 4 is 88.8 Å². The van der Waals surface area contributed by atoms with Crippen molar-refractivity contribution in [2.45, 2.75) is 110 Å². The largest absolute Gasteiger partial charge is 0.454 e. The molecule has 0 N–H and O–H groups in total. The molecular formula is C87H74N2O2. The van der Waals surface area contributed by atoms with Crippen molar-refractivity contribution in [2.75, 3.05) is 9.80 Å². The van der Waals surface area contributed by atoms with Crippen molar-refractivity contribution in [1.82, 2.24) is 0 Å². The molecule has 0 radical (unpaired) electrons. The Bertz CT molecular complexity index is 5150. The first-order valence-corrected chi connectivity index (χ1v) is 32.5. The molecule has 91 heavy (non-hydrogen) atoms. The molecule has 4 nitrogen and oxygen atoms in total. The molecule has 17 rings (SSSR count). The highest BCUT2D eigenvalue weighted by Crippen LogP contribution is 2.67. The van der Waals surface area contributed by atoms with Crippen LogP contribution in [-0.4, -0.2) is 0 Å². The van der Waals surface area contributed by atoms with Crippen LogP contribution in [0, 0.1) is 0 Å². The summed E-state index contributed by atoms with van der Waals surface area (Å²) in [5.41, 5.74) is 28.8. The van der Waals surface area contributed by atoms with E-state index in [1.54, 1.807) is 0 Å². The molecule has 0 amide bonds. The van der Waals surface area contributed by atoms with Crippen LogP contribution >= 0.6 is 0 Å². The van der Waals surface area contributed by atoms with E-state index in [1.807, 2.05) is 0 Å². The third-order valence-corrected chi connectivity index (χ3v) is 20.4. The van der Waals surface area contributed by atoms with Crippen molar-refractivity contribution in [3.05, 3.63) is 275 Å². The van der Waals surface area contributed by atoms with Gasteiger partial charge in [-0.2, -0.15) is 0 Å². The van der Waals surface area contributed by atoms with Gasteiger partial charge in [0.1, 0.15) is 11.2 Å². The second kappa shape index (κ2) is 19.1. The van der Waals surface area contributed by atoms with Crippen LogP contribution < -0.4 is 9.80 Å². The van der Waals surface area contributed by atoms with E-state index in [2.05, 4.69) is 323 Å².